The standard InChI is InChI=1S/C7H17NS/c1-4-7(8)5-9-6(2)3/h6-7H,4-5,8H2,1-3H3/t7-/m0/s1. The van der Waals surface area contributed by atoms with E-state index in [0.29, 0.717) is 6.04 Å². The summed E-state index contributed by atoms with van der Waals surface area (Å²) in [5.41, 5.74) is 5.70. The van der Waals surface area contributed by atoms with Gasteiger partial charge in [-0.25, -0.2) is 0 Å². The fourth-order valence-electron chi connectivity index (χ4n) is 0.434. The highest BCUT2D eigenvalue weighted by atomic mass is 32.2. The molecule has 2 heteroatoms. The van der Waals surface area contributed by atoms with Crippen LogP contribution in [0.25, 0.3) is 0 Å². The van der Waals surface area contributed by atoms with Crippen molar-refractivity contribution in [3.63, 3.8) is 0 Å². The minimum Gasteiger partial charge on any atom is -0.327 e. The Morgan fingerprint density at radius 1 is 1.44 bits per heavy atom. The summed E-state index contributed by atoms with van der Waals surface area (Å²) in [6.45, 7) is 6.53. The maximum atomic E-state index is 5.70. The second-order valence-corrected chi connectivity index (χ2v) is 4.16. The van der Waals surface area contributed by atoms with E-state index >= 15 is 0 Å². The molecule has 0 amide bonds. The zero-order valence-electron chi connectivity index (χ0n) is 6.55. The lowest BCUT2D eigenvalue weighted by Gasteiger charge is -2.09. The van der Waals surface area contributed by atoms with Crippen molar-refractivity contribution in [1.82, 2.24) is 0 Å². The minimum atomic E-state index is 0.400. The SMILES string of the molecule is CC[C@H](N)CSC(C)C. The summed E-state index contributed by atoms with van der Waals surface area (Å²) in [4.78, 5) is 0. The minimum absolute atomic E-state index is 0.400. The van der Waals surface area contributed by atoms with Gasteiger partial charge in [-0.05, 0) is 11.7 Å². The Kier molecular flexibility index (Phi) is 5.30. The summed E-state index contributed by atoms with van der Waals surface area (Å²) < 4.78 is 0. The lowest BCUT2D eigenvalue weighted by Crippen LogP contribution is -2.22. The van der Waals surface area contributed by atoms with E-state index in [2.05, 4.69) is 20.8 Å². The Labute approximate surface area is 62.4 Å². The van der Waals surface area contributed by atoms with Gasteiger partial charge < -0.3 is 5.73 Å². The molecule has 0 saturated heterocycles. The molecule has 0 aliphatic rings. The highest BCUT2D eigenvalue weighted by Crippen LogP contribution is 2.10. The van der Waals surface area contributed by atoms with Crippen molar-refractivity contribution in [2.24, 2.45) is 5.73 Å². The predicted molar refractivity (Wildman–Crippen MR) is 45.9 cm³/mol. The van der Waals surface area contributed by atoms with Crippen LogP contribution in [0.1, 0.15) is 27.2 Å². The molecule has 2 N–H and O–H groups in total. The molecule has 0 spiro atoms. The summed E-state index contributed by atoms with van der Waals surface area (Å²) in [7, 11) is 0. The molecule has 1 atom stereocenters. The first-order valence-corrected chi connectivity index (χ1v) is 4.58. The summed E-state index contributed by atoms with van der Waals surface area (Å²) >= 11 is 1.94. The van der Waals surface area contributed by atoms with Crippen LogP contribution in [-0.4, -0.2) is 17.0 Å². The van der Waals surface area contributed by atoms with Crippen molar-refractivity contribution >= 4 is 11.8 Å². The van der Waals surface area contributed by atoms with E-state index in [1.54, 1.807) is 0 Å². The number of thioether (sulfide) groups is 1. The molecule has 0 aromatic heterocycles. The third kappa shape index (κ3) is 6.19. The quantitative estimate of drug-likeness (QED) is 0.657. The molecule has 0 heterocycles. The van der Waals surface area contributed by atoms with Gasteiger partial charge in [-0.1, -0.05) is 20.8 Å². The first-order valence-electron chi connectivity index (χ1n) is 3.54. The Hall–Kier alpha value is 0.310. The van der Waals surface area contributed by atoms with Gasteiger partial charge in [0.25, 0.3) is 0 Å². The van der Waals surface area contributed by atoms with Gasteiger partial charge in [-0.3, -0.25) is 0 Å². The molecule has 0 aliphatic heterocycles. The second kappa shape index (κ2) is 5.12. The van der Waals surface area contributed by atoms with Crippen molar-refractivity contribution in [2.75, 3.05) is 5.75 Å². The van der Waals surface area contributed by atoms with Crippen LogP contribution in [0, 0.1) is 0 Å². The Morgan fingerprint density at radius 3 is 2.33 bits per heavy atom. The van der Waals surface area contributed by atoms with Crippen LogP contribution in [0.3, 0.4) is 0 Å². The second-order valence-electron chi connectivity index (χ2n) is 2.55. The van der Waals surface area contributed by atoms with Gasteiger partial charge in [0.15, 0.2) is 0 Å². The average Bonchev–Trinajstić information content (AvgIpc) is 1.83. The topological polar surface area (TPSA) is 26.0 Å². The van der Waals surface area contributed by atoms with Crippen LogP contribution in [0.4, 0.5) is 0 Å². The van der Waals surface area contributed by atoms with Crippen molar-refractivity contribution in [2.45, 2.75) is 38.5 Å². The van der Waals surface area contributed by atoms with Gasteiger partial charge in [0, 0.05) is 11.8 Å². The van der Waals surface area contributed by atoms with E-state index in [0.717, 1.165) is 17.4 Å². The molecule has 0 rings (SSSR count). The molecule has 0 aliphatic carbocycles. The van der Waals surface area contributed by atoms with Crippen LogP contribution in [0.15, 0.2) is 0 Å². The number of rotatable bonds is 4. The van der Waals surface area contributed by atoms with Gasteiger partial charge in [0.05, 0.1) is 0 Å². The van der Waals surface area contributed by atoms with E-state index in [9.17, 15) is 0 Å². The van der Waals surface area contributed by atoms with Crippen LogP contribution in [-0.2, 0) is 0 Å². The fourth-order valence-corrected chi connectivity index (χ4v) is 1.30. The Balaban J connectivity index is 3.06. The van der Waals surface area contributed by atoms with Gasteiger partial charge >= 0.3 is 0 Å². The Morgan fingerprint density at radius 2 is 2.00 bits per heavy atom. The molecular weight excluding hydrogens is 130 g/mol. The lowest BCUT2D eigenvalue weighted by atomic mass is 10.3. The summed E-state index contributed by atoms with van der Waals surface area (Å²) in [5.74, 6) is 1.11. The van der Waals surface area contributed by atoms with Crippen molar-refractivity contribution in [3.05, 3.63) is 0 Å². The van der Waals surface area contributed by atoms with Gasteiger partial charge in [-0.2, -0.15) is 11.8 Å². The normalized spacial score (nSPS) is 14.3. The number of hydrogen-bond acceptors (Lipinski definition) is 2. The van der Waals surface area contributed by atoms with Crippen molar-refractivity contribution < 1.29 is 0 Å². The van der Waals surface area contributed by atoms with Gasteiger partial charge in [-0.15, -0.1) is 0 Å². The maximum Gasteiger partial charge on any atom is 0.0127 e. The van der Waals surface area contributed by atoms with Crippen molar-refractivity contribution in [1.29, 1.82) is 0 Å². The summed E-state index contributed by atoms with van der Waals surface area (Å²) in [6, 6.07) is 0.400. The molecule has 9 heavy (non-hydrogen) atoms. The van der Waals surface area contributed by atoms with E-state index in [1.807, 2.05) is 11.8 Å². The summed E-state index contributed by atoms with van der Waals surface area (Å²) in [5, 5.41) is 0.725. The molecule has 0 aromatic rings. The fraction of sp³-hybridized carbons (Fsp3) is 1.00. The zero-order valence-corrected chi connectivity index (χ0v) is 7.37. The lowest BCUT2D eigenvalue weighted by molar-refractivity contribution is 0.723. The molecule has 0 aromatic carbocycles. The van der Waals surface area contributed by atoms with Crippen LogP contribution in [0.2, 0.25) is 0 Å². The van der Waals surface area contributed by atoms with E-state index in [4.69, 9.17) is 5.73 Å². The molecule has 0 radical (unpaired) electrons. The zero-order chi connectivity index (χ0) is 7.28. The number of nitrogens with two attached hydrogens (primary N) is 1. The van der Waals surface area contributed by atoms with E-state index in [-0.39, 0.29) is 0 Å². The van der Waals surface area contributed by atoms with Crippen molar-refractivity contribution in [3.8, 4) is 0 Å². The largest absolute Gasteiger partial charge is 0.327 e. The van der Waals surface area contributed by atoms with Gasteiger partial charge in [0.2, 0.25) is 0 Å². The van der Waals surface area contributed by atoms with E-state index < -0.39 is 0 Å². The number of hydrogen-bond donors (Lipinski definition) is 1. The van der Waals surface area contributed by atoms with Crippen LogP contribution >= 0.6 is 11.8 Å². The first-order chi connectivity index (χ1) is 4.16. The predicted octanol–water partition coefficient (Wildman–Crippen LogP) is 1.87. The molecule has 0 bridgehead atoms. The average molecular weight is 147 g/mol. The van der Waals surface area contributed by atoms with Crippen LogP contribution in [0.5, 0.6) is 0 Å². The smallest absolute Gasteiger partial charge is 0.0127 e. The molecule has 0 fully saturated rings. The van der Waals surface area contributed by atoms with Gasteiger partial charge in [0.1, 0.15) is 0 Å². The highest BCUT2D eigenvalue weighted by Gasteiger charge is 1.99. The molecule has 1 nitrogen and oxygen atoms in total. The third-order valence-corrected chi connectivity index (χ3v) is 2.46. The molecule has 56 valence electrons. The molecular formula is C7H17NS. The van der Waals surface area contributed by atoms with E-state index in [1.165, 1.54) is 0 Å². The third-order valence-electron chi connectivity index (χ3n) is 1.17. The van der Waals surface area contributed by atoms with Crippen LogP contribution < -0.4 is 5.73 Å². The molecule has 0 saturated carbocycles. The summed E-state index contributed by atoms with van der Waals surface area (Å²) in [6.07, 6.45) is 1.10. The Bertz CT molecular complexity index is 63.9. The molecule has 0 unspecified atom stereocenters. The first kappa shape index (κ1) is 9.31. The monoisotopic (exact) mass is 147 g/mol. The maximum absolute atomic E-state index is 5.70. The highest BCUT2D eigenvalue weighted by molar-refractivity contribution is 7.99.